The largest absolute Gasteiger partial charge is 0.481 e. The predicted octanol–water partition coefficient (Wildman–Crippen LogP) is 7.71. The molecule has 0 bridgehead atoms. The number of hydrogen-bond donors (Lipinski definition) is 5. The Bertz CT molecular complexity index is 1110. The van der Waals surface area contributed by atoms with Crippen LogP contribution >= 0.6 is 19.6 Å². The van der Waals surface area contributed by atoms with Crippen molar-refractivity contribution in [2.45, 2.75) is 153 Å². The van der Waals surface area contributed by atoms with Crippen LogP contribution < -0.4 is 5.73 Å². The summed E-state index contributed by atoms with van der Waals surface area (Å²) < 4.78 is 26.3. The van der Waals surface area contributed by atoms with Gasteiger partial charge in [0.25, 0.3) is 0 Å². The van der Waals surface area contributed by atoms with Gasteiger partial charge >= 0.3 is 25.7 Å². The molecule has 0 aromatic rings. The minimum absolute atomic E-state index is 0.0417. The van der Waals surface area contributed by atoms with E-state index in [0.717, 1.165) is 38.5 Å². The maximum atomic E-state index is 12.7. The number of ether oxygens (including phenoxy) is 2. The van der Waals surface area contributed by atoms with Gasteiger partial charge < -0.3 is 35.2 Å². The smallest absolute Gasteiger partial charge is 0.469 e. The van der Waals surface area contributed by atoms with Gasteiger partial charge in [0.2, 0.25) is 0 Å². The summed E-state index contributed by atoms with van der Waals surface area (Å²) in [4.78, 5) is 54.4. The van der Waals surface area contributed by atoms with Crippen molar-refractivity contribution in [2.24, 2.45) is 5.73 Å². The first kappa shape index (κ1) is 49.8. The Balaban J connectivity index is 5.02. The number of carboxylic acids is 1. The van der Waals surface area contributed by atoms with Crippen molar-refractivity contribution >= 4 is 37.5 Å². The van der Waals surface area contributed by atoms with E-state index in [2.05, 4.69) is 30.5 Å². The highest BCUT2D eigenvalue weighted by Gasteiger charge is 2.26. The molecule has 0 unspecified atom stereocenters. The zero-order valence-electron chi connectivity index (χ0n) is 31.4. The van der Waals surface area contributed by atoms with Gasteiger partial charge in [-0.3, -0.25) is 18.9 Å². The number of nitrogens with two attached hydrogens (primary N) is 1. The number of aliphatic hydroxyl groups excluding tert-OH is 1. The third kappa shape index (κ3) is 32.4. The number of allylic oxidation sites excluding steroid dienone is 7. The van der Waals surface area contributed by atoms with Crippen molar-refractivity contribution in [2.75, 3.05) is 19.0 Å². The van der Waals surface area contributed by atoms with E-state index in [9.17, 15) is 24.1 Å². The molecule has 6 N–H and O–H groups in total. The molecule has 0 amide bonds. The summed E-state index contributed by atoms with van der Waals surface area (Å²) in [5.74, 6) is -2.35. The van der Waals surface area contributed by atoms with Gasteiger partial charge in [0.05, 0.1) is 12.7 Å². The van der Waals surface area contributed by atoms with Crippen LogP contribution in [0, 0.1) is 0 Å². The fraction of sp³-hybridized carbons (Fsp3) is 0.711. The maximum Gasteiger partial charge on any atom is 0.469 e. The number of aliphatic carboxylic acids is 1. The molecule has 0 spiro atoms. The number of carbonyl (C=O) groups excluding carboxylic acids is 2. The lowest BCUT2D eigenvalue weighted by Crippen LogP contribution is -2.38. The quantitative estimate of drug-likeness (QED) is 0.0140. The topological polar surface area (TPSA) is 203 Å². The molecule has 0 saturated carbocycles. The zero-order chi connectivity index (χ0) is 38.9. The Labute approximate surface area is 315 Å². The van der Waals surface area contributed by atoms with Gasteiger partial charge in [-0.1, -0.05) is 127 Å². The van der Waals surface area contributed by atoms with E-state index >= 15 is 0 Å². The van der Waals surface area contributed by atoms with Crippen LogP contribution in [0.25, 0.3) is 0 Å². The molecule has 0 fully saturated rings. The van der Waals surface area contributed by atoms with Crippen LogP contribution in [0.15, 0.2) is 48.6 Å². The standard InChI is InChI=1S/C38H66NO11PS/c1-3-5-7-9-11-13-14-15-17-18-20-22-26-35(34(40)25-24-27-36(41)42)52-31-33(39)38(44)48-29-32(30-49-51(45,46)47)50-37(43)28-23-21-19-16-12-10-8-6-4-2/h11,13,15,17-18,20,22,26,32-35,40H,3-10,12,14,16,19,21,23-25,27-31,39H2,1-2H3,(H,41,42)(H2,45,46,47)/b13-11-,17-15-,20-18+,26-22+/t32-,33+,34+,35-/m1/s1. The first-order valence-corrected chi connectivity index (χ1v) is 21.5. The fourth-order valence-electron chi connectivity index (χ4n) is 4.87. The number of thioether (sulfide) groups is 1. The number of unbranched alkanes of at least 4 members (excludes halogenated alkanes) is 11. The van der Waals surface area contributed by atoms with Gasteiger partial charge in [-0.25, -0.2) is 4.57 Å². The Morgan fingerprint density at radius 3 is 2.08 bits per heavy atom. The Morgan fingerprint density at radius 1 is 0.788 bits per heavy atom. The second kappa shape index (κ2) is 33.3. The molecule has 52 heavy (non-hydrogen) atoms. The summed E-state index contributed by atoms with van der Waals surface area (Å²) in [5, 5.41) is 19.3. The highest BCUT2D eigenvalue weighted by Crippen LogP contribution is 2.36. The van der Waals surface area contributed by atoms with Gasteiger partial charge in [0.1, 0.15) is 12.6 Å². The van der Waals surface area contributed by atoms with Crippen molar-refractivity contribution in [1.29, 1.82) is 0 Å². The van der Waals surface area contributed by atoms with E-state index in [1.807, 2.05) is 24.3 Å². The number of phosphoric ester groups is 1. The molecule has 12 nitrogen and oxygen atoms in total. The first-order chi connectivity index (χ1) is 24.9. The minimum atomic E-state index is -4.88. The van der Waals surface area contributed by atoms with Crippen LogP contribution in [0.2, 0.25) is 0 Å². The molecule has 14 heteroatoms. The molecule has 0 aliphatic rings. The van der Waals surface area contributed by atoms with Gasteiger partial charge in [-0.05, 0) is 38.5 Å². The van der Waals surface area contributed by atoms with Crippen LogP contribution in [0.4, 0.5) is 0 Å². The number of rotatable bonds is 34. The highest BCUT2D eigenvalue weighted by molar-refractivity contribution is 8.00. The second-order valence-corrected chi connectivity index (χ2v) is 15.2. The maximum absolute atomic E-state index is 12.7. The lowest BCUT2D eigenvalue weighted by Gasteiger charge is -2.22. The number of phosphoric acid groups is 1. The summed E-state index contributed by atoms with van der Waals surface area (Å²) in [5.41, 5.74) is 6.07. The molecule has 300 valence electrons. The summed E-state index contributed by atoms with van der Waals surface area (Å²) in [6.45, 7) is 3.15. The van der Waals surface area contributed by atoms with Gasteiger partial charge in [0.15, 0.2) is 6.10 Å². The van der Waals surface area contributed by atoms with E-state index in [1.54, 1.807) is 12.2 Å². The molecular formula is C38H66NO11PS. The van der Waals surface area contributed by atoms with Gasteiger partial charge in [-0.2, -0.15) is 0 Å². The molecule has 0 aromatic heterocycles. The molecule has 0 aliphatic heterocycles. The van der Waals surface area contributed by atoms with Crippen molar-refractivity contribution in [1.82, 2.24) is 0 Å². The third-order valence-corrected chi connectivity index (χ3v) is 9.74. The van der Waals surface area contributed by atoms with Crippen LogP contribution in [0.5, 0.6) is 0 Å². The summed E-state index contributed by atoms with van der Waals surface area (Å²) in [7, 11) is -4.88. The molecular weight excluding hydrogens is 709 g/mol. The minimum Gasteiger partial charge on any atom is -0.481 e. The average molecular weight is 776 g/mol. The van der Waals surface area contributed by atoms with E-state index in [4.69, 9.17) is 30.1 Å². The van der Waals surface area contributed by atoms with Crippen molar-refractivity contribution in [3.8, 4) is 0 Å². The molecule has 4 atom stereocenters. The zero-order valence-corrected chi connectivity index (χ0v) is 33.1. The second-order valence-electron chi connectivity index (χ2n) is 12.8. The monoisotopic (exact) mass is 775 g/mol. The van der Waals surface area contributed by atoms with E-state index < -0.39 is 62.4 Å². The Morgan fingerprint density at radius 2 is 1.42 bits per heavy atom. The van der Waals surface area contributed by atoms with Crippen molar-refractivity contribution in [3.63, 3.8) is 0 Å². The summed E-state index contributed by atoms with van der Waals surface area (Å²) >= 11 is 1.20. The normalized spacial score (nSPS) is 14.7. The molecule has 0 aromatic carbocycles. The first-order valence-electron chi connectivity index (χ1n) is 18.9. The molecule has 0 heterocycles. The molecule has 0 saturated heterocycles. The Hall–Kier alpha value is -2.25. The Kier molecular flexibility index (Phi) is 31.9. The lowest BCUT2D eigenvalue weighted by atomic mass is 10.1. The lowest BCUT2D eigenvalue weighted by molar-refractivity contribution is -0.161. The van der Waals surface area contributed by atoms with Crippen LogP contribution in [0.1, 0.15) is 129 Å². The average Bonchev–Trinajstić information content (AvgIpc) is 3.09. The van der Waals surface area contributed by atoms with E-state index in [-0.39, 0.29) is 31.4 Å². The SMILES string of the molecule is CCCCC/C=C\C\C=C/C=C/C=C/[C@@H](SC[C@H](N)C(=O)OC[C@H](COP(=O)(O)O)OC(=O)CCCCCCCCCCC)[C@@H](O)CCCC(=O)O. The van der Waals surface area contributed by atoms with Crippen molar-refractivity contribution in [3.05, 3.63) is 48.6 Å². The van der Waals surface area contributed by atoms with Crippen LogP contribution in [-0.2, 0) is 32.9 Å². The number of carboxylic acid groups (broad SMARTS) is 1. The molecule has 0 aliphatic carbocycles. The molecule has 0 radical (unpaired) electrons. The van der Waals surface area contributed by atoms with Crippen LogP contribution in [-0.4, -0.2) is 80.4 Å². The number of aliphatic hydroxyl groups is 1. The fourth-order valence-corrected chi connectivity index (χ4v) is 6.36. The van der Waals surface area contributed by atoms with Crippen LogP contribution in [0.3, 0.4) is 0 Å². The van der Waals surface area contributed by atoms with Gasteiger partial charge in [0, 0.05) is 23.8 Å². The third-order valence-electron chi connectivity index (χ3n) is 7.85. The highest BCUT2D eigenvalue weighted by atomic mass is 32.2. The predicted molar refractivity (Wildman–Crippen MR) is 208 cm³/mol. The van der Waals surface area contributed by atoms with Gasteiger partial charge in [-0.15, -0.1) is 11.8 Å². The summed E-state index contributed by atoms with van der Waals surface area (Å²) in [6.07, 6.45) is 29.0. The number of hydrogen-bond acceptors (Lipinski definition) is 10. The van der Waals surface area contributed by atoms with E-state index in [0.29, 0.717) is 6.42 Å². The summed E-state index contributed by atoms with van der Waals surface area (Å²) in [6, 6.07) is -1.14. The van der Waals surface area contributed by atoms with E-state index in [1.165, 1.54) is 56.7 Å². The van der Waals surface area contributed by atoms with Crippen molar-refractivity contribution < 1.29 is 52.9 Å². The number of carbonyl (C=O) groups is 3. The number of esters is 2. The molecule has 0 rings (SSSR count).